The van der Waals surface area contributed by atoms with E-state index in [1.54, 1.807) is 0 Å². The second kappa shape index (κ2) is 3.30. The van der Waals surface area contributed by atoms with Gasteiger partial charge in [-0.25, -0.2) is 0 Å². The summed E-state index contributed by atoms with van der Waals surface area (Å²) in [6, 6.07) is 0. The van der Waals surface area contributed by atoms with Crippen LogP contribution < -0.4 is 0 Å². The Morgan fingerprint density at radius 3 is 3.10 bits per heavy atom. The largest absolute Gasteiger partial charge is 0.480 e. The third kappa shape index (κ3) is 1.53. The fraction of sp³-hybridized carbons (Fsp3) is 0.500. The Balaban J connectivity index is 2.33. The van der Waals surface area contributed by atoms with Crippen LogP contribution in [0.1, 0.15) is 13.3 Å². The van der Waals surface area contributed by atoms with E-state index >= 15 is 0 Å². The number of hydrogen-bond acceptors (Lipinski definition) is 2. The highest BCUT2D eigenvalue weighted by molar-refractivity contribution is 5.00. The lowest BCUT2D eigenvalue weighted by atomic mass is 10.5. The van der Waals surface area contributed by atoms with Crippen molar-refractivity contribution in [2.75, 3.05) is 13.2 Å². The first-order valence-electron chi connectivity index (χ1n) is 3.59. The lowest BCUT2D eigenvalue weighted by molar-refractivity contribution is 0.156. The minimum absolute atomic E-state index is 0.698. The predicted octanol–water partition coefficient (Wildman–Crippen LogP) is 1.71. The van der Waals surface area contributed by atoms with E-state index in [-0.39, 0.29) is 0 Å². The topological polar surface area (TPSA) is 12.5 Å². The minimum Gasteiger partial charge on any atom is -0.480 e. The molecule has 0 saturated heterocycles. The van der Waals surface area contributed by atoms with Crippen LogP contribution >= 0.6 is 0 Å². The first-order valence-corrected chi connectivity index (χ1v) is 3.59. The molecule has 0 saturated carbocycles. The second-order valence-electron chi connectivity index (χ2n) is 2.19. The average molecular weight is 139 g/mol. The molecule has 0 aromatic carbocycles. The SMILES string of the molecule is C=C(OCC)N1C=CCC1. The molecule has 0 unspecified atom stereocenters. The molecule has 0 aliphatic carbocycles. The Hall–Kier alpha value is -0.920. The van der Waals surface area contributed by atoms with Gasteiger partial charge in [-0.05, 0) is 19.9 Å². The molecular weight excluding hydrogens is 126 g/mol. The van der Waals surface area contributed by atoms with Crippen LogP contribution in [0, 0.1) is 0 Å². The lowest BCUT2D eigenvalue weighted by Gasteiger charge is -2.17. The van der Waals surface area contributed by atoms with Gasteiger partial charge in [0.25, 0.3) is 0 Å². The Kier molecular flexibility index (Phi) is 2.37. The Labute approximate surface area is 61.8 Å². The summed E-state index contributed by atoms with van der Waals surface area (Å²) in [5.41, 5.74) is 0. The van der Waals surface area contributed by atoms with Gasteiger partial charge in [-0.3, -0.25) is 0 Å². The molecule has 0 N–H and O–H groups in total. The summed E-state index contributed by atoms with van der Waals surface area (Å²) < 4.78 is 5.21. The van der Waals surface area contributed by atoms with Crippen LogP contribution in [0.5, 0.6) is 0 Å². The van der Waals surface area contributed by atoms with Gasteiger partial charge in [-0.2, -0.15) is 0 Å². The molecule has 2 nitrogen and oxygen atoms in total. The maximum absolute atomic E-state index is 5.21. The molecule has 0 spiro atoms. The van der Waals surface area contributed by atoms with Crippen molar-refractivity contribution in [2.45, 2.75) is 13.3 Å². The van der Waals surface area contributed by atoms with Gasteiger partial charge in [0.2, 0.25) is 0 Å². The van der Waals surface area contributed by atoms with Crippen molar-refractivity contribution in [3.05, 3.63) is 24.7 Å². The zero-order valence-electron chi connectivity index (χ0n) is 6.34. The lowest BCUT2D eigenvalue weighted by Crippen LogP contribution is -2.14. The van der Waals surface area contributed by atoms with E-state index in [1.807, 2.05) is 18.0 Å². The fourth-order valence-corrected chi connectivity index (χ4v) is 0.947. The third-order valence-corrected chi connectivity index (χ3v) is 1.45. The van der Waals surface area contributed by atoms with Crippen LogP contribution in [0.25, 0.3) is 0 Å². The van der Waals surface area contributed by atoms with Gasteiger partial charge in [-0.15, -0.1) is 0 Å². The van der Waals surface area contributed by atoms with Crippen LogP contribution in [0.4, 0.5) is 0 Å². The van der Waals surface area contributed by atoms with E-state index in [4.69, 9.17) is 4.74 Å². The average Bonchev–Trinajstić information content (AvgIpc) is 2.38. The summed E-state index contributed by atoms with van der Waals surface area (Å²) in [6.45, 7) is 7.45. The predicted molar refractivity (Wildman–Crippen MR) is 41.2 cm³/mol. The van der Waals surface area contributed by atoms with Gasteiger partial charge in [0, 0.05) is 12.7 Å². The van der Waals surface area contributed by atoms with Gasteiger partial charge in [-0.1, -0.05) is 6.08 Å². The monoisotopic (exact) mass is 139 g/mol. The molecule has 0 aromatic rings. The van der Waals surface area contributed by atoms with Crippen LogP contribution in [-0.2, 0) is 4.74 Å². The van der Waals surface area contributed by atoms with E-state index in [2.05, 4.69) is 12.7 Å². The van der Waals surface area contributed by atoms with E-state index in [9.17, 15) is 0 Å². The van der Waals surface area contributed by atoms with Crippen LogP contribution in [0.2, 0.25) is 0 Å². The molecule has 1 aliphatic heterocycles. The van der Waals surface area contributed by atoms with Crippen molar-refractivity contribution < 1.29 is 4.74 Å². The molecule has 1 rings (SSSR count). The second-order valence-corrected chi connectivity index (χ2v) is 2.19. The zero-order valence-corrected chi connectivity index (χ0v) is 6.34. The summed E-state index contributed by atoms with van der Waals surface area (Å²) in [5.74, 6) is 0.760. The number of ether oxygens (including phenoxy) is 1. The van der Waals surface area contributed by atoms with Crippen LogP contribution in [0.3, 0.4) is 0 Å². The summed E-state index contributed by atoms with van der Waals surface area (Å²) >= 11 is 0. The maximum atomic E-state index is 5.21. The highest BCUT2D eigenvalue weighted by atomic mass is 16.5. The third-order valence-electron chi connectivity index (χ3n) is 1.45. The first kappa shape index (κ1) is 7.19. The molecule has 1 heterocycles. The van der Waals surface area contributed by atoms with Crippen molar-refractivity contribution in [1.82, 2.24) is 4.90 Å². The first-order chi connectivity index (χ1) is 4.84. The fourth-order valence-electron chi connectivity index (χ4n) is 0.947. The molecule has 2 heteroatoms. The Morgan fingerprint density at radius 1 is 1.80 bits per heavy atom. The maximum Gasteiger partial charge on any atom is 0.185 e. The Morgan fingerprint density at radius 2 is 2.60 bits per heavy atom. The van der Waals surface area contributed by atoms with Gasteiger partial charge < -0.3 is 9.64 Å². The van der Waals surface area contributed by atoms with Crippen molar-refractivity contribution in [1.29, 1.82) is 0 Å². The van der Waals surface area contributed by atoms with Gasteiger partial charge in [0.05, 0.1) is 6.61 Å². The Bertz CT molecular complexity index is 151. The van der Waals surface area contributed by atoms with Crippen LogP contribution in [0.15, 0.2) is 24.7 Å². The summed E-state index contributed by atoms with van der Waals surface area (Å²) in [7, 11) is 0. The summed E-state index contributed by atoms with van der Waals surface area (Å²) in [5, 5.41) is 0. The smallest absolute Gasteiger partial charge is 0.185 e. The minimum atomic E-state index is 0.698. The molecule has 0 fully saturated rings. The van der Waals surface area contributed by atoms with Crippen LogP contribution in [-0.4, -0.2) is 18.1 Å². The van der Waals surface area contributed by atoms with E-state index in [1.165, 1.54) is 0 Å². The zero-order chi connectivity index (χ0) is 7.40. The molecular formula is C8H13NO. The molecule has 56 valence electrons. The normalized spacial score (nSPS) is 15.9. The highest BCUT2D eigenvalue weighted by Crippen LogP contribution is 2.11. The van der Waals surface area contributed by atoms with Crippen molar-refractivity contribution in [2.24, 2.45) is 0 Å². The van der Waals surface area contributed by atoms with E-state index < -0.39 is 0 Å². The van der Waals surface area contributed by atoms with E-state index in [0.29, 0.717) is 6.61 Å². The molecule has 0 radical (unpaired) electrons. The molecule has 10 heavy (non-hydrogen) atoms. The van der Waals surface area contributed by atoms with Gasteiger partial charge >= 0.3 is 0 Å². The van der Waals surface area contributed by atoms with Crippen molar-refractivity contribution in [3.63, 3.8) is 0 Å². The molecule has 0 amide bonds. The van der Waals surface area contributed by atoms with Gasteiger partial charge in [0.1, 0.15) is 0 Å². The molecule has 0 atom stereocenters. The standard InChI is InChI=1S/C8H13NO/c1-3-10-8(2)9-6-4-5-7-9/h4,6H,2-3,5,7H2,1H3. The highest BCUT2D eigenvalue weighted by Gasteiger charge is 2.07. The summed E-state index contributed by atoms with van der Waals surface area (Å²) in [6.07, 6.45) is 5.23. The molecule has 0 aromatic heterocycles. The van der Waals surface area contributed by atoms with Gasteiger partial charge in [0.15, 0.2) is 5.88 Å². The molecule has 0 bridgehead atoms. The van der Waals surface area contributed by atoms with Crippen molar-refractivity contribution >= 4 is 0 Å². The van der Waals surface area contributed by atoms with Crippen molar-refractivity contribution in [3.8, 4) is 0 Å². The van der Waals surface area contributed by atoms with E-state index in [0.717, 1.165) is 18.8 Å². The molecule has 1 aliphatic rings. The quantitative estimate of drug-likeness (QED) is 0.552. The number of hydrogen-bond donors (Lipinski definition) is 0. The number of nitrogens with zero attached hydrogens (tertiary/aromatic N) is 1. The number of rotatable bonds is 3. The summed E-state index contributed by atoms with van der Waals surface area (Å²) in [4.78, 5) is 2.02.